The zero-order chi connectivity index (χ0) is 22.5. The number of nitrogens with one attached hydrogen (secondary N) is 1. The van der Waals surface area contributed by atoms with E-state index in [1.54, 1.807) is 13.2 Å². The molecule has 0 amide bonds. The molecular weight excluding hydrogens is 424 g/mol. The number of fused-ring (bicyclic) bond motifs is 1. The van der Waals surface area contributed by atoms with Gasteiger partial charge >= 0.3 is 0 Å². The second-order valence-electron chi connectivity index (χ2n) is 8.23. The molecule has 1 aliphatic heterocycles. The zero-order valence-corrected chi connectivity index (χ0v) is 18.9. The third kappa shape index (κ3) is 4.97. The van der Waals surface area contributed by atoms with Crippen molar-refractivity contribution in [1.82, 2.24) is 9.88 Å². The van der Waals surface area contributed by atoms with Crippen molar-refractivity contribution in [3.05, 3.63) is 64.3 Å². The van der Waals surface area contributed by atoms with Crippen LogP contribution >= 0.6 is 11.6 Å². The Balaban J connectivity index is 1.63. The van der Waals surface area contributed by atoms with Gasteiger partial charge in [-0.15, -0.1) is 0 Å². The number of aliphatic hydroxyl groups is 1. The van der Waals surface area contributed by atoms with E-state index >= 15 is 0 Å². The molecule has 32 heavy (non-hydrogen) atoms. The summed E-state index contributed by atoms with van der Waals surface area (Å²) in [7, 11) is 1.60. The second-order valence-corrected chi connectivity index (χ2v) is 8.63. The molecule has 1 aliphatic rings. The van der Waals surface area contributed by atoms with Gasteiger partial charge in [-0.3, -0.25) is 9.88 Å². The number of methoxy groups -OCH3 is 1. The number of hydrogen-bond acceptors (Lipinski definition) is 6. The number of nitrogens with zero attached hydrogens (tertiary/aromatic N) is 3. The van der Waals surface area contributed by atoms with E-state index in [2.05, 4.69) is 21.3 Å². The largest absolute Gasteiger partial charge is 0.495 e. The van der Waals surface area contributed by atoms with E-state index in [1.807, 2.05) is 36.5 Å². The third-order valence-electron chi connectivity index (χ3n) is 6.12. The highest BCUT2D eigenvalue weighted by atomic mass is 35.5. The Bertz CT molecular complexity index is 1140. The van der Waals surface area contributed by atoms with Crippen LogP contribution in [0, 0.1) is 17.2 Å². The number of hydrogen-bond donors (Lipinski definition) is 2. The lowest BCUT2D eigenvalue weighted by atomic mass is 9.97. The number of nitriles is 1. The standard InChI is InChI=1S/C25H27ClN4O2/c1-32-24-5-3-19(11-22(24)26)13-29-25-20(15-30-8-6-17(16-31)7-9-30)14-28-23-4-2-18(12-27)10-21(23)25/h2-5,10-11,14,17,31H,6-9,13,15-16H2,1H3,(H,28,29). The van der Waals surface area contributed by atoms with Crippen LogP contribution in [0.2, 0.25) is 5.02 Å². The van der Waals surface area contributed by atoms with Gasteiger partial charge < -0.3 is 15.2 Å². The van der Waals surface area contributed by atoms with Gasteiger partial charge in [0.25, 0.3) is 0 Å². The number of pyridine rings is 1. The van der Waals surface area contributed by atoms with Crippen molar-refractivity contribution in [2.75, 3.05) is 32.1 Å². The molecule has 1 fully saturated rings. The summed E-state index contributed by atoms with van der Waals surface area (Å²) >= 11 is 6.31. The van der Waals surface area contributed by atoms with Gasteiger partial charge in [-0.05, 0) is 67.7 Å². The fourth-order valence-electron chi connectivity index (χ4n) is 4.21. The molecule has 0 saturated carbocycles. The monoisotopic (exact) mass is 450 g/mol. The Morgan fingerprint density at radius 3 is 2.75 bits per heavy atom. The number of piperidine rings is 1. The molecule has 0 atom stereocenters. The molecule has 0 radical (unpaired) electrons. The summed E-state index contributed by atoms with van der Waals surface area (Å²) in [4.78, 5) is 7.05. The van der Waals surface area contributed by atoms with Gasteiger partial charge in [-0.1, -0.05) is 17.7 Å². The maximum absolute atomic E-state index is 9.43. The molecule has 2 N–H and O–H groups in total. The normalized spacial score (nSPS) is 14.9. The lowest BCUT2D eigenvalue weighted by Crippen LogP contribution is -2.34. The lowest BCUT2D eigenvalue weighted by molar-refractivity contribution is 0.127. The van der Waals surface area contributed by atoms with Crippen LogP contribution in [0.4, 0.5) is 5.69 Å². The number of aromatic nitrogens is 1. The van der Waals surface area contributed by atoms with Crippen LogP contribution in [0.15, 0.2) is 42.6 Å². The summed E-state index contributed by atoms with van der Waals surface area (Å²) in [6.07, 6.45) is 3.93. The average Bonchev–Trinajstić information content (AvgIpc) is 2.83. The molecule has 1 saturated heterocycles. The predicted octanol–water partition coefficient (Wildman–Crippen LogP) is 4.58. The van der Waals surface area contributed by atoms with Gasteiger partial charge in [0.2, 0.25) is 0 Å². The first-order valence-electron chi connectivity index (χ1n) is 10.8. The number of rotatable bonds is 7. The van der Waals surface area contributed by atoms with E-state index in [4.69, 9.17) is 16.3 Å². The van der Waals surface area contributed by atoms with Gasteiger partial charge in [0.15, 0.2) is 0 Å². The van der Waals surface area contributed by atoms with E-state index in [0.29, 0.717) is 28.8 Å². The van der Waals surface area contributed by atoms with Gasteiger partial charge in [0.05, 0.1) is 29.3 Å². The van der Waals surface area contributed by atoms with Crippen LogP contribution in [0.5, 0.6) is 5.75 Å². The van der Waals surface area contributed by atoms with Crippen molar-refractivity contribution in [2.45, 2.75) is 25.9 Å². The summed E-state index contributed by atoms with van der Waals surface area (Å²) < 4.78 is 5.25. The Morgan fingerprint density at radius 2 is 2.06 bits per heavy atom. The molecule has 0 bridgehead atoms. The lowest BCUT2D eigenvalue weighted by Gasteiger charge is -2.31. The fourth-order valence-corrected chi connectivity index (χ4v) is 4.49. The first kappa shape index (κ1) is 22.3. The van der Waals surface area contributed by atoms with Crippen molar-refractivity contribution in [3.63, 3.8) is 0 Å². The number of benzene rings is 2. The minimum Gasteiger partial charge on any atom is -0.495 e. The first-order chi connectivity index (χ1) is 15.6. The summed E-state index contributed by atoms with van der Waals surface area (Å²) in [5, 5.41) is 23.9. The van der Waals surface area contributed by atoms with Crippen LogP contribution in [0.3, 0.4) is 0 Å². The minimum atomic E-state index is 0.263. The number of ether oxygens (including phenoxy) is 1. The number of likely N-dealkylation sites (tertiary alicyclic amines) is 1. The van der Waals surface area contributed by atoms with Crippen molar-refractivity contribution < 1.29 is 9.84 Å². The average molecular weight is 451 g/mol. The van der Waals surface area contributed by atoms with Gasteiger partial charge in [-0.25, -0.2) is 0 Å². The van der Waals surface area contributed by atoms with Gasteiger partial charge in [0.1, 0.15) is 5.75 Å². The maximum Gasteiger partial charge on any atom is 0.137 e. The molecule has 2 heterocycles. The quantitative estimate of drug-likeness (QED) is 0.548. The number of aliphatic hydroxyl groups excluding tert-OH is 1. The minimum absolute atomic E-state index is 0.263. The Hall–Kier alpha value is -2.85. The molecule has 3 aromatic rings. The molecule has 0 spiro atoms. The van der Waals surface area contributed by atoms with Gasteiger partial charge in [0, 0.05) is 42.5 Å². The van der Waals surface area contributed by atoms with Crippen molar-refractivity contribution in [3.8, 4) is 11.8 Å². The summed E-state index contributed by atoms with van der Waals surface area (Å²) in [5.41, 5.74) is 4.57. The number of anilines is 1. The molecule has 4 rings (SSSR count). The van der Waals surface area contributed by atoms with Crippen LogP contribution in [0.25, 0.3) is 10.9 Å². The summed E-state index contributed by atoms with van der Waals surface area (Å²) in [6, 6.07) is 13.6. The predicted molar refractivity (Wildman–Crippen MR) is 127 cm³/mol. The Kier molecular flexibility index (Phi) is 7.11. The Morgan fingerprint density at radius 1 is 1.25 bits per heavy atom. The second kappa shape index (κ2) is 10.2. The number of halogens is 1. The molecule has 7 heteroatoms. The fraction of sp³-hybridized carbons (Fsp3) is 0.360. The molecule has 166 valence electrons. The molecule has 6 nitrogen and oxygen atoms in total. The third-order valence-corrected chi connectivity index (χ3v) is 6.42. The van der Waals surface area contributed by atoms with E-state index in [0.717, 1.165) is 60.2 Å². The maximum atomic E-state index is 9.43. The zero-order valence-electron chi connectivity index (χ0n) is 18.1. The first-order valence-corrected chi connectivity index (χ1v) is 11.2. The van der Waals surface area contributed by atoms with E-state index in [1.165, 1.54) is 0 Å². The highest BCUT2D eigenvalue weighted by Gasteiger charge is 2.20. The Labute approximate surface area is 193 Å². The summed E-state index contributed by atoms with van der Waals surface area (Å²) in [5.74, 6) is 1.05. The highest BCUT2D eigenvalue weighted by Crippen LogP contribution is 2.31. The van der Waals surface area contributed by atoms with Crippen molar-refractivity contribution >= 4 is 28.2 Å². The van der Waals surface area contributed by atoms with Crippen molar-refractivity contribution in [2.24, 2.45) is 5.92 Å². The van der Waals surface area contributed by atoms with E-state index < -0.39 is 0 Å². The SMILES string of the molecule is COc1ccc(CNc2c(CN3CCC(CO)CC3)cnc3ccc(C#N)cc23)cc1Cl. The van der Waals surface area contributed by atoms with Crippen LogP contribution in [-0.4, -0.2) is 41.8 Å². The van der Waals surface area contributed by atoms with Crippen LogP contribution < -0.4 is 10.1 Å². The molecule has 0 unspecified atom stereocenters. The highest BCUT2D eigenvalue weighted by molar-refractivity contribution is 6.32. The molecule has 0 aliphatic carbocycles. The van der Waals surface area contributed by atoms with E-state index in [9.17, 15) is 10.4 Å². The van der Waals surface area contributed by atoms with E-state index in [-0.39, 0.29) is 6.61 Å². The van der Waals surface area contributed by atoms with Crippen LogP contribution in [0.1, 0.15) is 29.5 Å². The van der Waals surface area contributed by atoms with Crippen molar-refractivity contribution in [1.29, 1.82) is 5.26 Å². The van der Waals surface area contributed by atoms with Gasteiger partial charge in [-0.2, -0.15) is 5.26 Å². The molecular formula is C25H27ClN4O2. The topological polar surface area (TPSA) is 81.4 Å². The summed E-state index contributed by atoms with van der Waals surface area (Å²) in [6.45, 7) is 3.52. The molecule has 1 aromatic heterocycles. The van der Waals surface area contributed by atoms with Crippen LogP contribution in [-0.2, 0) is 13.1 Å². The molecule has 2 aromatic carbocycles. The smallest absolute Gasteiger partial charge is 0.137 e.